The molecule has 0 radical (unpaired) electrons. The molecule has 3 unspecified atom stereocenters. The molecule has 25 heavy (non-hydrogen) atoms. The topological polar surface area (TPSA) is 80.2 Å². The fraction of sp³-hybridized carbons (Fsp3) is 0.765. The molecule has 1 aliphatic heterocycles. The van der Waals surface area contributed by atoms with Gasteiger partial charge in [-0.1, -0.05) is 6.42 Å². The number of morpholine rings is 1. The number of nitrogens with one attached hydrogen (secondary N) is 3. The summed E-state index contributed by atoms with van der Waals surface area (Å²) in [6, 6.07) is 1.29. The summed E-state index contributed by atoms with van der Waals surface area (Å²) in [7, 11) is 0. The van der Waals surface area contributed by atoms with Crippen molar-refractivity contribution in [3.05, 3.63) is 12.4 Å². The molecule has 2 saturated carbocycles. The quantitative estimate of drug-likeness (QED) is 0.701. The molecule has 0 spiro atoms. The lowest BCUT2D eigenvalue weighted by Gasteiger charge is -2.33. The van der Waals surface area contributed by atoms with Crippen molar-refractivity contribution < 1.29 is 9.53 Å². The fourth-order valence-electron chi connectivity index (χ4n) is 3.90. The summed E-state index contributed by atoms with van der Waals surface area (Å²) in [5.41, 5.74) is 1.00. The van der Waals surface area contributed by atoms with Crippen molar-refractivity contribution in [1.29, 1.82) is 0 Å². The summed E-state index contributed by atoms with van der Waals surface area (Å²) >= 11 is 0. The molecule has 4 rings (SSSR count). The Hall–Kier alpha value is -1.31. The number of nitrogens with zero attached hydrogens (tertiary/aromatic N) is 2. The number of aromatic nitrogens is 2. The van der Waals surface area contributed by atoms with Crippen LogP contribution in [0.3, 0.4) is 0 Å². The van der Waals surface area contributed by atoms with Crippen LogP contribution in [-0.2, 0) is 16.1 Å². The monoisotopic (exact) mass is 369 g/mol. The van der Waals surface area contributed by atoms with Crippen LogP contribution in [0.5, 0.6) is 0 Å². The predicted octanol–water partition coefficient (Wildman–Crippen LogP) is 1.15. The van der Waals surface area contributed by atoms with E-state index in [1.165, 1.54) is 19.3 Å². The number of anilines is 1. The Bertz CT molecular complexity index is 571. The first-order chi connectivity index (χ1) is 11.8. The van der Waals surface area contributed by atoms with Crippen LogP contribution in [0.2, 0.25) is 0 Å². The van der Waals surface area contributed by atoms with Crippen LogP contribution >= 0.6 is 12.4 Å². The molecule has 8 heteroatoms. The second kappa shape index (κ2) is 8.38. The molecule has 3 atom stereocenters. The van der Waals surface area contributed by atoms with Gasteiger partial charge in [0.2, 0.25) is 5.91 Å². The SMILES string of the molecule is Cl.O=C(Cn1cc(NC2CCCC2C2COCCN2)cn1)NC1CC1. The average molecular weight is 370 g/mol. The maximum Gasteiger partial charge on any atom is 0.241 e. The molecular formula is C17H28ClN5O2. The number of carbonyl (C=O) groups is 1. The summed E-state index contributed by atoms with van der Waals surface area (Å²) in [6.07, 6.45) is 9.64. The van der Waals surface area contributed by atoms with E-state index in [1.54, 1.807) is 4.68 Å². The third kappa shape index (κ3) is 4.86. The molecule has 1 aromatic heterocycles. The highest BCUT2D eigenvalue weighted by molar-refractivity contribution is 5.85. The molecule has 140 valence electrons. The molecule has 7 nitrogen and oxygen atoms in total. The predicted molar refractivity (Wildman–Crippen MR) is 98.0 cm³/mol. The van der Waals surface area contributed by atoms with Crippen molar-refractivity contribution in [2.75, 3.05) is 25.1 Å². The van der Waals surface area contributed by atoms with Gasteiger partial charge in [0.1, 0.15) is 6.54 Å². The molecule has 3 aliphatic rings. The molecular weight excluding hydrogens is 342 g/mol. The van der Waals surface area contributed by atoms with E-state index in [0.717, 1.165) is 38.3 Å². The summed E-state index contributed by atoms with van der Waals surface area (Å²) in [5.74, 6) is 0.640. The van der Waals surface area contributed by atoms with E-state index in [4.69, 9.17) is 4.74 Å². The molecule has 2 heterocycles. The Morgan fingerprint density at radius 1 is 1.36 bits per heavy atom. The molecule has 1 saturated heterocycles. The zero-order valence-electron chi connectivity index (χ0n) is 14.4. The fourth-order valence-corrected chi connectivity index (χ4v) is 3.90. The van der Waals surface area contributed by atoms with Crippen molar-refractivity contribution in [3.8, 4) is 0 Å². The minimum Gasteiger partial charge on any atom is -0.379 e. The van der Waals surface area contributed by atoms with E-state index >= 15 is 0 Å². The first kappa shape index (κ1) is 18.5. The van der Waals surface area contributed by atoms with Crippen LogP contribution in [0.1, 0.15) is 32.1 Å². The summed E-state index contributed by atoms with van der Waals surface area (Å²) in [6.45, 7) is 2.87. The van der Waals surface area contributed by atoms with Gasteiger partial charge in [-0.2, -0.15) is 5.10 Å². The normalized spacial score (nSPS) is 29.0. The van der Waals surface area contributed by atoms with Crippen molar-refractivity contribution in [1.82, 2.24) is 20.4 Å². The Morgan fingerprint density at radius 3 is 3.00 bits per heavy atom. The lowest BCUT2D eigenvalue weighted by atomic mass is 9.94. The van der Waals surface area contributed by atoms with Crippen molar-refractivity contribution in [2.45, 2.75) is 56.8 Å². The van der Waals surface area contributed by atoms with Gasteiger partial charge in [-0.25, -0.2) is 0 Å². The van der Waals surface area contributed by atoms with E-state index in [9.17, 15) is 4.79 Å². The van der Waals surface area contributed by atoms with Crippen LogP contribution in [0.15, 0.2) is 12.4 Å². The van der Waals surface area contributed by atoms with Crippen LogP contribution in [0.4, 0.5) is 5.69 Å². The van der Waals surface area contributed by atoms with Gasteiger partial charge in [0.05, 0.1) is 25.1 Å². The molecule has 2 aliphatic carbocycles. The van der Waals surface area contributed by atoms with Crippen LogP contribution in [-0.4, -0.2) is 53.6 Å². The first-order valence-electron chi connectivity index (χ1n) is 9.17. The Kier molecular flexibility index (Phi) is 6.19. The highest BCUT2D eigenvalue weighted by Crippen LogP contribution is 2.31. The lowest BCUT2D eigenvalue weighted by molar-refractivity contribution is -0.122. The van der Waals surface area contributed by atoms with Gasteiger partial charge in [0, 0.05) is 30.9 Å². The van der Waals surface area contributed by atoms with E-state index < -0.39 is 0 Å². The second-order valence-electron chi connectivity index (χ2n) is 7.25. The second-order valence-corrected chi connectivity index (χ2v) is 7.25. The number of rotatable bonds is 6. The number of amides is 1. The van der Waals surface area contributed by atoms with Crippen LogP contribution in [0, 0.1) is 5.92 Å². The van der Waals surface area contributed by atoms with Crippen LogP contribution in [0.25, 0.3) is 0 Å². The van der Waals surface area contributed by atoms with Gasteiger partial charge >= 0.3 is 0 Å². The van der Waals surface area contributed by atoms with Crippen molar-refractivity contribution >= 4 is 24.0 Å². The summed E-state index contributed by atoms with van der Waals surface area (Å²) in [4.78, 5) is 11.9. The Balaban J connectivity index is 0.00000182. The van der Waals surface area contributed by atoms with Crippen molar-refractivity contribution in [3.63, 3.8) is 0 Å². The third-order valence-corrected chi connectivity index (χ3v) is 5.27. The lowest BCUT2D eigenvalue weighted by Crippen LogP contribution is -2.49. The highest BCUT2D eigenvalue weighted by atomic mass is 35.5. The zero-order valence-corrected chi connectivity index (χ0v) is 15.3. The van der Waals surface area contributed by atoms with Crippen LogP contribution < -0.4 is 16.0 Å². The Labute approximate surface area is 154 Å². The third-order valence-electron chi connectivity index (χ3n) is 5.27. The molecule has 1 amide bonds. The summed E-state index contributed by atoms with van der Waals surface area (Å²) in [5, 5.41) is 14.5. The van der Waals surface area contributed by atoms with Gasteiger partial charge in [0.15, 0.2) is 0 Å². The molecule has 0 bridgehead atoms. The smallest absolute Gasteiger partial charge is 0.241 e. The molecule has 0 aromatic carbocycles. The van der Waals surface area contributed by atoms with E-state index in [2.05, 4.69) is 21.0 Å². The first-order valence-corrected chi connectivity index (χ1v) is 9.17. The van der Waals surface area contributed by atoms with E-state index in [-0.39, 0.29) is 18.3 Å². The maximum absolute atomic E-state index is 11.9. The number of hydrogen-bond acceptors (Lipinski definition) is 5. The molecule has 1 aromatic rings. The number of hydrogen-bond donors (Lipinski definition) is 3. The van der Waals surface area contributed by atoms with E-state index in [1.807, 2.05) is 12.4 Å². The van der Waals surface area contributed by atoms with E-state index in [0.29, 0.717) is 30.6 Å². The van der Waals surface area contributed by atoms with Gasteiger partial charge in [0.25, 0.3) is 0 Å². The minimum absolute atomic E-state index is 0. The number of ether oxygens (including phenoxy) is 1. The standard InChI is InChI=1S/C17H27N5O2.ClH/c23-17(21-12-4-5-12)10-22-9-13(8-19-22)20-15-3-1-2-14(15)16-11-24-7-6-18-16;/h8-9,12,14-16,18,20H,1-7,10-11H2,(H,21,23);1H. The van der Waals surface area contributed by atoms with Gasteiger partial charge in [-0.3, -0.25) is 9.48 Å². The maximum atomic E-state index is 11.9. The van der Waals surface area contributed by atoms with Gasteiger partial charge < -0.3 is 20.7 Å². The summed E-state index contributed by atoms with van der Waals surface area (Å²) < 4.78 is 7.34. The van der Waals surface area contributed by atoms with Crippen molar-refractivity contribution in [2.24, 2.45) is 5.92 Å². The van der Waals surface area contributed by atoms with Gasteiger partial charge in [-0.05, 0) is 31.6 Å². The number of halogens is 1. The number of carbonyl (C=O) groups excluding carboxylic acids is 1. The molecule has 3 fully saturated rings. The minimum atomic E-state index is 0. The van der Waals surface area contributed by atoms with Gasteiger partial charge in [-0.15, -0.1) is 12.4 Å². The highest BCUT2D eigenvalue weighted by Gasteiger charge is 2.34. The Morgan fingerprint density at radius 2 is 2.24 bits per heavy atom. The average Bonchev–Trinajstić information content (AvgIpc) is 3.09. The molecule has 3 N–H and O–H groups in total. The zero-order chi connectivity index (χ0) is 16.4. The largest absolute Gasteiger partial charge is 0.379 e.